The molecule has 0 spiro atoms. The van der Waals surface area contributed by atoms with Crippen molar-refractivity contribution in [2.75, 3.05) is 12.9 Å². The number of methoxy groups -OCH3 is 1. The zero-order chi connectivity index (χ0) is 8.20. The fraction of sp³-hybridized carbons (Fsp3) is 0.800. The van der Waals surface area contributed by atoms with Crippen LogP contribution >= 0.6 is 23.4 Å². The topological polar surface area (TPSA) is 26.3 Å². The third-order valence-corrected chi connectivity index (χ3v) is 2.05. The Hall–Kier alpha value is 0.0400. The van der Waals surface area contributed by atoms with Gasteiger partial charge in [0.2, 0.25) is 0 Å². The summed E-state index contributed by atoms with van der Waals surface area (Å²) in [4.78, 5) is 10.5. The lowest BCUT2D eigenvalue weighted by molar-refractivity contribution is -0.144. The number of alkyl halides is 2. The molecule has 0 aliphatic heterocycles. The van der Waals surface area contributed by atoms with Gasteiger partial charge in [-0.05, 0) is 5.75 Å². The summed E-state index contributed by atoms with van der Waals surface area (Å²) >= 11 is 5.80. The number of halogens is 2. The Labute approximate surface area is 68.1 Å². The number of rotatable bonds is 3. The molecule has 10 heavy (non-hydrogen) atoms. The van der Waals surface area contributed by atoms with Crippen molar-refractivity contribution in [2.45, 2.75) is 11.4 Å². The van der Waals surface area contributed by atoms with Crippen LogP contribution < -0.4 is 0 Å². The van der Waals surface area contributed by atoms with E-state index in [0.717, 1.165) is 7.11 Å². The van der Waals surface area contributed by atoms with Crippen molar-refractivity contribution in [1.82, 2.24) is 0 Å². The SMILES string of the molecule is CCSC(F)(Cl)C(=O)OC. The van der Waals surface area contributed by atoms with Crippen LogP contribution in [0, 0.1) is 0 Å². The lowest BCUT2D eigenvalue weighted by Crippen LogP contribution is -2.24. The number of ether oxygens (including phenoxy) is 1. The zero-order valence-electron chi connectivity index (χ0n) is 5.69. The molecule has 1 atom stereocenters. The highest BCUT2D eigenvalue weighted by atomic mass is 35.5. The fourth-order valence-electron chi connectivity index (χ4n) is 0.359. The van der Waals surface area contributed by atoms with Gasteiger partial charge in [-0.3, -0.25) is 0 Å². The van der Waals surface area contributed by atoms with Crippen LogP contribution in [-0.2, 0) is 9.53 Å². The molecular weight excluding hydrogens is 179 g/mol. The van der Waals surface area contributed by atoms with Crippen LogP contribution in [0.2, 0.25) is 0 Å². The lowest BCUT2D eigenvalue weighted by Gasteiger charge is -2.11. The van der Waals surface area contributed by atoms with Gasteiger partial charge >= 0.3 is 10.4 Å². The minimum Gasteiger partial charge on any atom is -0.465 e. The quantitative estimate of drug-likeness (QED) is 0.497. The van der Waals surface area contributed by atoms with Gasteiger partial charge in [0.25, 0.3) is 0 Å². The third kappa shape index (κ3) is 2.75. The molecule has 0 bridgehead atoms. The van der Waals surface area contributed by atoms with Gasteiger partial charge in [0.05, 0.1) is 7.11 Å². The Bertz CT molecular complexity index is 129. The molecule has 0 aromatic heterocycles. The number of hydrogen-bond acceptors (Lipinski definition) is 3. The summed E-state index contributed by atoms with van der Waals surface area (Å²) in [6.45, 7) is 1.70. The average Bonchev–Trinajstić information content (AvgIpc) is 1.86. The lowest BCUT2D eigenvalue weighted by atomic mass is 10.7. The summed E-state index contributed by atoms with van der Waals surface area (Å²) in [5, 5.41) is 0. The van der Waals surface area contributed by atoms with E-state index in [4.69, 9.17) is 11.6 Å². The van der Waals surface area contributed by atoms with Gasteiger partial charge in [-0.25, -0.2) is 9.18 Å². The second-order valence-corrected chi connectivity index (χ2v) is 3.61. The van der Waals surface area contributed by atoms with Crippen LogP contribution in [0.1, 0.15) is 6.92 Å². The molecule has 0 saturated heterocycles. The van der Waals surface area contributed by atoms with Gasteiger partial charge in [-0.15, -0.1) is 0 Å². The van der Waals surface area contributed by atoms with Gasteiger partial charge in [0.15, 0.2) is 0 Å². The summed E-state index contributed by atoms with van der Waals surface area (Å²) in [6, 6.07) is 0. The van der Waals surface area contributed by atoms with E-state index < -0.39 is 10.4 Å². The van der Waals surface area contributed by atoms with Crippen LogP contribution in [0.4, 0.5) is 4.39 Å². The Balaban J connectivity index is 3.96. The average molecular weight is 187 g/mol. The molecule has 0 N–H and O–H groups in total. The molecule has 0 aliphatic rings. The molecule has 0 aromatic carbocycles. The molecular formula is C5H8ClFO2S. The van der Waals surface area contributed by atoms with Crippen LogP contribution in [0.15, 0.2) is 0 Å². The monoisotopic (exact) mass is 186 g/mol. The largest absolute Gasteiger partial charge is 0.465 e. The van der Waals surface area contributed by atoms with E-state index in [1.807, 2.05) is 0 Å². The molecule has 1 unspecified atom stereocenters. The van der Waals surface area contributed by atoms with Crippen molar-refractivity contribution >= 4 is 29.3 Å². The second kappa shape index (κ2) is 4.03. The van der Waals surface area contributed by atoms with Crippen LogP contribution in [0.25, 0.3) is 0 Å². The molecule has 0 radical (unpaired) electrons. The summed E-state index contributed by atoms with van der Waals surface area (Å²) < 4.78 is 14.4. The predicted octanol–water partition coefficient (Wildman–Crippen LogP) is 1.77. The molecule has 0 aliphatic carbocycles. The molecule has 0 fully saturated rings. The van der Waals surface area contributed by atoms with E-state index >= 15 is 0 Å². The van der Waals surface area contributed by atoms with Gasteiger partial charge in [0, 0.05) is 0 Å². The first-order chi connectivity index (χ1) is 4.54. The number of hydrogen-bond donors (Lipinski definition) is 0. The first kappa shape index (κ1) is 10.0. The van der Waals surface area contributed by atoms with Crippen LogP contribution in [0.3, 0.4) is 0 Å². The van der Waals surface area contributed by atoms with E-state index in [-0.39, 0.29) is 0 Å². The Morgan fingerprint density at radius 2 is 2.40 bits per heavy atom. The Kier molecular flexibility index (Phi) is 4.05. The smallest absolute Gasteiger partial charge is 0.370 e. The summed E-state index contributed by atoms with van der Waals surface area (Å²) in [7, 11) is 1.09. The molecule has 0 rings (SSSR count). The van der Waals surface area contributed by atoms with Crippen molar-refractivity contribution in [3.05, 3.63) is 0 Å². The maximum Gasteiger partial charge on any atom is 0.370 e. The third-order valence-electron chi connectivity index (χ3n) is 0.749. The maximum absolute atomic E-state index is 12.7. The summed E-state index contributed by atoms with van der Waals surface area (Å²) in [6.07, 6.45) is 0. The van der Waals surface area contributed by atoms with Gasteiger partial charge in [0.1, 0.15) is 0 Å². The number of esters is 1. The van der Waals surface area contributed by atoms with E-state index in [9.17, 15) is 9.18 Å². The Morgan fingerprint density at radius 1 is 1.90 bits per heavy atom. The number of carbonyl (C=O) groups excluding carboxylic acids is 1. The highest BCUT2D eigenvalue weighted by molar-refractivity contribution is 8.02. The molecule has 5 heteroatoms. The van der Waals surface area contributed by atoms with Gasteiger partial charge in [-0.1, -0.05) is 30.3 Å². The summed E-state index contributed by atoms with van der Waals surface area (Å²) in [5.74, 6) is -0.629. The molecule has 0 aromatic rings. The molecule has 2 nitrogen and oxygen atoms in total. The van der Waals surface area contributed by atoms with Crippen LogP contribution in [0.5, 0.6) is 0 Å². The minimum atomic E-state index is -2.41. The number of carbonyl (C=O) groups is 1. The van der Waals surface area contributed by atoms with E-state index in [0.29, 0.717) is 17.5 Å². The molecule has 0 saturated carbocycles. The van der Waals surface area contributed by atoms with Crippen molar-refractivity contribution in [1.29, 1.82) is 0 Å². The highest BCUT2D eigenvalue weighted by Crippen LogP contribution is 2.32. The van der Waals surface area contributed by atoms with Crippen molar-refractivity contribution in [3.8, 4) is 0 Å². The molecule has 0 amide bonds. The fourth-order valence-corrected chi connectivity index (χ4v) is 1.33. The first-order valence-corrected chi connectivity index (χ1v) is 4.01. The van der Waals surface area contributed by atoms with E-state index in [1.54, 1.807) is 6.92 Å². The minimum absolute atomic E-state index is 0.426. The predicted molar refractivity (Wildman–Crippen MR) is 39.8 cm³/mol. The molecule has 0 heterocycles. The first-order valence-electron chi connectivity index (χ1n) is 2.64. The Morgan fingerprint density at radius 3 is 2.70 bits per heavy atom. The standard InChI is InChI=1S/C5H8ClFO2S/c1-3-10-5(6,7)4(8)9-2/h3H2,1-2H3. The van der Waals surface area contributed by atoms with Gasteiger partial charge < -0.3 is 4.74 Å². The maximum atomic E-state index is 12.7. The number of thioether (sulfide) groups is 1. The normalized spacial score (nSPS) is 16.0. The van der Waals surface area contributed by atoms with Crippen molar-refractivity contribution < 1.29 is 13.9 Å². The zero-order valence-corrected chi connectivity index (χ0v) is 7.26. The van der Waals surface area contributed by atoms with Crippen LogP contribution in [-0.4, -0.2) is 23.3 Å². The molecule has 60 valence electrons. The van der Waals surface area contributed by atoms with E-state index in [2.05, 4.69) is 4.74 Å². The summed E-state index contributed by atoms with van der Waals surface area (Å²) in [5.41, 5.74) is 0. The second-order valence-electron chi connectivity index (χ2n) is 1.44. The van der Waals surface area contributed by atoms with Crippen molar-refractivity contribution in [2.24, 2.45) is 0 Å². The van der Waals surface area contributed by atoms with Crippen molar-refractivity contribution in [3.63, 3.8) is 0 Å². The van der Waals surface area contributed by atoms with Gasteiger partial charge in [-0.2, -0.15) is 0 Å². The highest BCUT2D eigenvalue weighted by Gasteiger charge is 2.37. The van der Waals surface area contributed by atoms with E-state index in [1.165, 1.54) is 0 Å².